The number of rotatable bonds is 8. The van der Waals surface area contributed by atoms with Gasteiger partial charge in [0.05, 0.1) is 6.54 Å². The van der Waals surface area contributed by atoms with Gasteiger partial charge in [0.2, 0.25) is 0 Å². The molecule has 0 aliphatic carbocycles. The van der Waals surface area contributed by atoms with Crippen molar-refractivity contribution in [2.75, 3.05) is 32.7 Å². The molecule has 0 spiro atoms. The minimum absolute atomic E-state index is 0.196. The number of piperidine rings is 1. The van der Waals surface area contributed by atoms with Crippen LogP contribution in [0.3, 0.4) is 0 Å². The molecule has 0 bridgehead atoms. The third kappa shape index (κ3) is 7.43. The molecule has 25 heavy (non-hydrogen) atoms. The number of hydrogen-bond donors (Lipinski definition) is 2. The summed E-state index contributed by atoms with van der Waals surface area (Å²) < 4.78 is 13.7. The summed E-state index contributed by atoms with van der Waals surface area (Å²) in [4.78, 5) is 7.07. The number of nitrogens with zero attached hydrogens (tertiary/aromatic N) is 2. The van der Waals surface area contributed by atoms with E-state index < -0.39 is 0 Å². The van der Waals surface area contributed by atoms with Gasteiger partial charge in [0.1, 0.15) is 5.82 Å². The fraction of sp³-hybridized carbons (Fsp3) is 0.650. The maximum atomic E-state index is 13.7. The van der Waals surface area contributed by atoms with Crippen LogP contribution in [0.4, 0.5) is 4.39 Å². The predicted molar refractivity (Wildman–Crippen MR) is 103 cm³/mol. The van der Waals surface area contributed by atoms with Crippen LogP contribution in [0.2, 0.25) is 0 Å². The van der Waals surface area contributed by atoms with Crippen molar-refractivity contribution in [3.63, 3.8) is 0 Å². The summed E-state index contributed by atoms with van der Waals surface area (Å²) in [5.74, 6) is 1.46. The van der Waals surface area contributed by atoms with Crippen LogP contribution in [0.15, 0.2) is 29.3 Å². The van der Waals surface area contributed by atoms with E-state index in [0.29, 0.717) is 12.1 Å². The number of unbranched alkanes of at least 4 members (excludes halogenated alkanes) is 1. The second-order valence-corrected chi connectivity index (χ2v) is 6.94. The molecule has 4 nitrogen and oxygen atoms in total. The third-order valence-electron chi connectivity index (χ3n) is 4.78. The molecule has 1 aromatic rings. The van der Waals surface area contributed by atoms with E-state index in [2.05, 4.69) is 27.4 Å². The smallest absolute Gasteiger partial charge is 0.191 e. The van der Waals surface area contributed by atoms with Crippen molar-refractivity contribution < 1.29 is 4.39 Å². The lowest BCUT2D eigenvalue weighted by Crippen LogP contribution is -2.38. The van der Waals surface area contributed by atoms with Gasteiger partial charge >= 0.3 is 0 Å². The van der Waals surface area contributed by atoms with Crippen molar-refractivity contribution in [2.45, 2.75) is 46.1 Å². The first-order valence-corrected chi connectivity index (χ1v) is 9.67. The van der Waals surface area contributed by atoms with Gasteiger partial charge in [0.25, 0.3) is 0 Å². The molecule has 0 aromatic heterocycles. The van der Waals surface area contributed by atoms with Crippen LogP contribution in [0, 0.1) is 11.7 Å². The Morgan fingerprint density at radius 1 is 1.20 bits per heavy atom. The monoisotopic (exact) mass is 348 g/mol. The van der Waals surface area contributed by atoms with Gasteiger partial charge in [-0.2, -0.15) is 0 Å². The van der Waals surface area contributed by atoms with Gasteiger partial charge in [-0.25, -0.2) is 9.38 Å². The summed E-state index contributed by atoms with van der Waals surface area (Å²) in [6, 6.07) is 6.80. The van der Waals surface area contributed by atoms with Crippen LogP contribution in [-0.4, -0.2) is 43.6 Å². The Bertz CT molecular complexity index is 524. The summed E-state index contributed by atoms with van der Waals surface area (Å²) in [5.41, 5.74) is 0.624. The normalized spacial score (nSPS) is 16.8. The number of aliphatic imine (C=N–C) groups is 1. The molecule has 1 fully saturated rings. The first-order valence-electron chi connectivity index (χ1n) is 9.67. The largest absolute Gasteiger partial charge is 0.357 e. The lowest BCUT2D eigenvalue weighted by Gasteiger charge is -2.30. The van der Waals surface area contributed by atoms with Gasteiger partial charge in [0.15, 0.2) is 5.96 Å². The average molecular weight is 349 g/mol. The van der Waals surface area contributed by atoms with E-state index in [1.165, 1.54) is 45.0 Å². The molecule has 1 aliphatic heterocycles. The Morgan fingerprint density at radius 2 is 1.96 bits per heavy atom. The zero-order valence-corrected chi connectivity index (χ0v) is 15.7. The van der Waals surface area contributed by atoms with E-state index in [1.54, 1.807) is 12.1 Å². The Hall–Kier alpha value is -1.62. The Kier molecular flexibility index (Phi) is 8.73. The first kappa shape index (κ1) is 19.7. The summed E-state index contributed by atoms with van der Waals surface area (Å²) in [5, 5.41) is 6.58. The molecule has 0 atom stereocenters. The molecule has 1 aromatic carbocycles. The lowest BCUT2D eigenvalue weighted by atomic mass is 9.99. The van der Waals surface area contributed by atoms with E-state index in [-0.39, 0.29) is 5.82 Å². The van der Waals surface area contributed by atoms with Gasteiger partial charge in [-0.3, -0.25) is 0 Å². The SMILES string of the molecule is CCNC(=NCc1ccccc1F)NCCCCN1CCC(C)CC1. The molecule has 0 unspecified atom stereocenters. The van der Waals surface area contributed by atoms with E-state index in [1.807, 2.05) is 13.0 Å². The quantitative estimate of drug-likeness (QED) is 0.430. The summed E-state index contributed by atoms with van der Waals surface area (Å²) in [7, 11) is 0. The molecule has 0 saturated carbocycles. The molecular weight excluding hydrogens is 315 g/mol. The van der Waals surface area contributed by atoms with Gasteiger partial charge in [-0.05, 0) is 64.2 Å². The van der Waals surface area contributed by atoms with E-state index >= 15 is 0 Å². The molecule has 1 heterocycles. The molecule has 2 N–H and O–H groups in total. The zero-order chi connectivity index (χ0) is 17.9. The Morgan fingerprint density at radius 3 is 2.68 bits per heavy atom. The summed E-state index contributed by atoms with van der Waals surface area (Å²) in [6.07, 6.45) is 5.00. The Balaban J connectivity index is 1.67. The van der Waals surface area contributed by atoms with Crippen molar-refractivity contribution in [1.82, 2.24) is 15.5 Å². The lowest BCUT2D eigenvalue weighted by molar-refractivity contribution is 0.189. The highest BCUT2D eigenvalue weighted by Crippen LogP contribution is 2.16. The molecule has 1 aliphatic rings. The molecule has 5 heteroatoms. The standard InChI is InChI=1S/C20H33FN4/c1-3-22-20(24-16-18-8-4-5-9-19(18)21)23-12-6-7-13-25-14-10-17(2)11-15-25/h4-5,8-9,17H,3,6-7,10-16H2,1-2H3,(H2,22,23,24). The van der Waals surface area contributed by atoms with E-state index in [0.717, 1.165) is 31.4 Å². The van der Waals surface area contributed by atoms with Crippen molar-refractivity contribution in [1.29, 1.82) is 0 Å². The predicted octanol–water partition coefficient (Wildman–Crippen LogP) is 3.39. The van der Waals surface area contributed by atoms with E-state index in [9.17, 15) is 4.39 Å². The Labute approximate surface area is 151 Å². The number of benzene rings is 1. The number of likely N-dealkylation sites (tertiary alicyclic amines) is 1. The van der Waals surface area contributed by atoms with Crippen LogP contribution in [-0.2, 0) is 6.54 Å². The average Bonchev–Trinajstić information content (AvgIpc) is 2.62. The minimum Gasteiger partial charge on any atom is -0.357 e. The number of guanidine groups is 1. The van der Waals surface area contributed by atoms with E-state index in [4.69, 9.17) is 0 Å². The molecule has 1 saturated heterocycles. The van der Waals surface area contributed by atoms with Crippen LogP contribution in [0.1, 0.15) is 45.1 Å². The maximum absolute atomic E-state index is 13.7. The van der Waals surface area contributed by atoms with Crippen LogP contribution < -0.4 is 10.6 Å². The third-order valence-corrected chi connectivity index (χ3v) is 4.78. The molecule has 0 radical (unpaired) electrons. The second-order valence-electron chi connectivity index (χ2n) is 6.94. The van der Waals surface area contributed by atoms with Gasteiger partial charge < -0.3 is 15.5 Å². The summed E-state index contributed by atoms with van der Waals surface area (Å²) >= 11 is 0. The first-order chi connectivity index (χ1) is 12.2. The highest BCUT2D eigenvalue weighted by Gasteiger charge is 2.14. The van der Waals surface area contributed by atoms with Crippen molar-refractivity contribution in [2.24, 2.45) is 10.9 Å². The van der Waals surface area contributed by atoms with Crippen LogP contribution >= 0.6 is 0 Å². The topological polar surface area (TPSA) is 39.7 Å². The minimum atomic E-state index is -0.196. The molecule has 2 rings (SSSR count). The molecular formula is C20H33FN4. The number of hydrogen-bond acceptors (Lipinski definition) is 2. The fourth-order valence-electron chi connectivity index (χ4n) is 3.09. The number of nitrogens with one attached hydrogen (secondary N) is 2. The fourth-order valence-corrected chi connectivity index (χ4v) is 3.09. The van der Waals surface area contributed by atoms with Gasteiger partial charge in [-0.15, -0.1) is 0 Å². The number of halogens is 1. The van der Waals surface area contributed by atoms with Crippen molar-refractivity contribution >= 4 is 5.96 Å². The molecule has 0 amide bonds. The van der Waals surface area contributed by atoms with Crippen LogP contribution in [0.25, 0.3) is 0 Å². The highest BCUT2D eigenvalue weighted by molar-refractivity contribution is 5.79. The zero-order valence-electron chi connectivity index (χ0n) is 15.7. The second kappa shape index (κ2) is 11.1. The maximum Gasteiger partial charge on any atom is 0.191 e. The van der Waals surface area contributed by atoms with Crippen molar-refractivity contribution in [3.05, 3.63) is 35.6 Å². The van der Waals surface area contributed by atoms with Gasteiger partial charge in [0, 0.05) is 18.7 Å². The van der Waals surface area contributed by atoms with Crippen LogP contribution in [0.5, 0.6) is 0 Å². The van der Waals surface area contributed by atoms with Gasteiger partial charge in [-0.1, -0.05) is 25.1 Å². The van der Waals surface area contributed by atoms with Crippen molar-refractivity contribution in [3.8, 4) is 0 Å². The highest BCUT2D eigenvalue weighted by atomic mass is 19.1. The molecule has 140 valence electrons. The summed E-state index contributed by atoms with van der Waals surface area (Å²) in [6.45, 7) is 10.1.